The highest BCUT2D eigenvalue weighted by Gasteiger charge is 2.30. The first-order valence-corrected chi connectivity index (χ1v) is 13.4. The molecule has 3 aromatic rings. The molecule has 0 bridgehead atoms. The van der Waals surface area contributed by atoms with Crippen molar-refractivity contribution in [3.63, 3.8) is 0 Å². The van der Waals surface area contributed by atoms with E-state index in [9.17, 15) is 14.4 Å². The molecular weight excluding hydrogens is 494 g/mol. The van der Waals surface area contributed by atoms with Gasteiger partial charge in [-0.3, -0.25) is 14.5 Å². The van der Waals surface area contributed by atoms with E-state index in [4.69, 9.17) is 4.74 Å². The molecule has 1 aromatic heterocycles. The Hall–Kier alpha value is -3.14. The fourth-order valence-corrected chi connectivity index (χ4v) is 6.37. The van der Waals surface area contributed by atoms with E-state index < -0.39 is 11.2 Å². The van der Waals surface area contributed by atoms with Gasteiger partial charge in [-0.2, -0.15) is 0 Å². The zero-order chi connectivity index (χ0) is 25.7. The molecule has 9 heteroatoms. The van der Waals surface area contributed by atoms with E-state index in [2.05, 4.69) is 27.7 Å². The Morgan fingerprint density at radius 2 is 1.89 bits per heavy atom. The second-order valence-electron chi connectivity index (χ2n) is 8.60. The van der Waals surface area contributed by atoms with Gasteiger partial charge in [0.2, 0.25) is 11.8 Å². The number of carbonyl (C=O) groups is 3. The van der Waals surface area contributed by atoms with Gasteiger partial charge in [-0.25, -0.2) is 4.79 Å². The normalized spacial score (nSPS) is 14.0. The number of methoxy groups -OCH3 is 1. The maximum atomic E-state index is 13.1. The number of fused-ring (bicyclic) bond motifs is 1. The molecule has 0 saturated carbocycles. The minimum atomic E-state index is -0.428. The van der Waals surface area contributed by atoms with Crippen LogP contribution in [0.1, 0.15) is 40.2 Å². The topological polar surface area (TPSA) is 87.7 Å². The molecule has 0 spiro atoms. The lowest BCUT2D eigenvalue weighted by molar-refractivity contribution is -0.115. The van der Waals surface area contributed by atoms with Gasteiger partial charge in [0, 0.05) is 42.0 Å². The molecule has 7 nitrogen and oxygen atoms in total. The number of nitrogens with one attached hydrogen (secondary N) is 2. The minimum Gasteiger partial charge on any atom is -0.465 e. The van der Waals surface area contributed by atoms with Crippen LogP contribution in [0.2, 0.25) is 0 Å². The van der Waals surface area contributed by atoms with Gasteiger partial charge in [-0.1, -0.05) is 36.4 Å². The summed E-state index contributed by atoms with van der Waals surface area (Å²) < 4.78 is 5.07. The summed E-state index contributed by atoms with van der Waals surface area (Å²) in [6.45, 7) is 5.65. The predicted octanol–water partition coefficient (Wildman–Crippen LogP) is 5.17. The van der Waals surface area contributed by atoms with Crippen molar-refractivity contribution in [1.82, 2.24) is 4.90 Å². The Balaban J connectivity index is 1.48. The molecule has 0 radical (unpaired) electrons. The summed E-state index contributed by atoms with van der Waals surface area (Å²) in [4.78, 5) is 41.4. The molecule has 2 N–H and O–H groups in total. The number of nitrogens with zero attached hydrogens (tertiary/aromatic N) is 1. The molecule has 0 saturated heterocycles. The van der Waals surface area contributed by atoms with E-state index in [0.29, 0.717) is 16.3 Å². The lowest BCUT2D eigenvalue weighted by atomic mass is 10.0. The van der Waals surface area contributed by atoms with Crippen LogP contribution < -0.4 is 10.6 Å². The van der Waals surface area contributed by atoms with Gasteiger partial charge >= 0.3 is 5.97 Å². The number of esters is 1. The number of hydrogen-bond acceptors (Lipinski definition) is 7. The van der Waals surface area contributed by atoms with Crippen molar-refractivity contribution < 1.29 is 19.1 Å². The van der Waals surface area contributed by atoms with Crippen molar-refractivity contribution in [3.8, 4) is 0 Å². The largest absolute Gasteiger partial charge is 0.465 e. The number of benzene rings is 2. The second kappa shape index (κ2) is 11.7. The van der Waals surface area contributed by atoms with Crippen molar-refractivity contribution >= 4 is 51.6 Å². The molecule has 36 heavy (non-hydrogen) atoms. The first-order valence-electron chi connectivity index (χ1n) is 11.7. The fourth-order valence-electron chi connectivity index (χ4n) is 4.16. The predicted molar refractivity (Wildman–Crippen MR) is 145 cm³/mol. The molecular formula is C27H29N3O4S2. The molecule has 1 aliphatic rings. The number of rotatable bonds is 8. The van der Waals surface area contributed by atoms with Crippen LogP contribution in [0, 0.1) is 0 Å². The summed E-state index contributed by atoms with van der Waals surface area (Å²) in [6, 6.07) is 17.7. The molecule has 2 aromatic carbocycles. The maximum Gasteiger partial charge on any atom is 0.341 e. The highest BCUT2D eigenvalue weighted by atomic mass is 32.2. The third-order valence-corrected chi connectivity index (χ3v) is 8.07. The number of hydrogen-bond donors (Lipinski definition) is 2. The Morgan fingerprint density at radius 3 is 2.61 bits per heavy atom. The van der Waals surface area contributed by atoms with Crippen LogP contribution in [0.4, 0.5) is 10.7 Å². The average molecular weight is 524 g/mol. The van der Waals surface area contributed by atoms with Crippen LogP contribution in [-0.2, 0) is 33.8 Å². The molecule has 0 fully saturated rings. The third kappa shape index (κ3) is 6.34. The van der Waals surface area contributed by atoms with Crippen LogP contribution in [0.25, 0.3) is 0 Å². The summed E-state index contributed by atoms with van der Waals surface area (Å²) in [6.07, 6.45) is 0.721. The van der Waals surface area contributed by atoms with E-state index in [0.717, 1.165) is 41.4 Å². The van der Waals surface area contributed by atoms with Gasteiger partial charge in [0.1, 0.15) is 5.00 Å². The molecule has 1 atom stereocenters. The number of amides is 2. The molecule has 2 amide bonds. The Morgan fingerprint density at radius 1 is 1.11 bits per heavy atom. The average Bonchev–Trinajstić information content (AvgIpc) is 3.21. The van der Waals surface area contributed by atoms with Crippen molar-refractivity contribution in [3.05, 3.63) is 76.2 Å². The van der Waals surface area contributed by atoms with Gasteiger partial charge in [0.05, 0.1) is 17.9 Å². The summed E-state index contributed by atoms with van der Waals surface area (Å²) in [7, 11) is 1.36. The molecule has 188 valence electrons. The van der Waals surface area contributed by atoms with Crippen molar-refractivity contribution in [2.75, 3.05) is 24.3 Å². The van der Waals surface area contributed by atoms with E-state index in [-0.39, 0.29) is 11.8 Å². The standard InChI is InChI=1S/C27H29N3O4S2/c1-17(35-21-11-7-10-20(14-21)28-18(2)31)25(32)29-26-24(27(33)34-3)22-12-13-30(16-23(22)36-26)15-19-8-5-4-6-9-19/h4-11,14,17H,12-13,15-16H2,1-3H3,(H,28,31)(H,29,32). The molecule has 1 unspecified atom stereocenters. The third-order valence-electron chi connectivity index (χ3n) is 5.85. The van der Waals surface area contributed by atoms with Gasteiger partial charge in [-0.15, -0.1) is 23.1 Å². The van der Waals surface area contributed by atoms with Crippen LogP contribution in [0.15, 0.2) is 59.5 Å². The zero-order valence-electron chi connectivity index (χ0n) is 20.5. The fraction of sp³-hybridized carbons (Fsp3) is 0.296. The molecule has 1 aliphatic heterocycles. The van der Waals surface area contributed by atoms with Crippen LogP contribution in [0.3, 0.4) is 0 Å². The lowest BCUT2D eigenvalue weighted by Gasteiger charge is -2.27. The van der Waals surface area contributed by atoms with Crippen LogP contribution in [0.5, 0.6) is 0 Å². The second-order valence-corrected chi connectivity index (χ2v) is 11.1. The van der Waals surface area contributed by atoms with E-state index in [1.54, 1.807) is 6.07 Å². The number of ether oxygens (including phenoxy) is 1. The van der Waals surface area contributed by atoms with E-state index in [1.165, 1.54) is 42.7 Å². The highest BCUT2D eigenvalue weighted by Crippen LogP contribution is 2.38. The first-order chi connectivity index (χ1) is 17.3. The quantitative estimate of drug-likeness (QED) is 0.313. The maximum absolute atomic E-state index is 13.1. The molecule has 4 rings (SSSR count). The van der Waals surface area contributed by atoms with Crippen LogP contribution >= 0.6 is 23.1 Å². The Bertz CT molecular complexity index is 1260. The van der Waals surface area contributed by atoms with Gasteiger partial charge in [0.15, 0.2) is 0 Å². The number of anilines is 2. The van der Waals surface area contributed by atoms with Gasteiger partial charge in [0.25, 0.3) is 0 Å². The summed E-state index contributed by atoms with van der Waals surface area (Å²) >= 11 is 2.84. The summed E-state index contributed by atoms with van der Waals surface area (Å²) in [5.74, 6) is -0.778. The van der Waals surface area contributed by atoms with E-state index in [1.807, 2.05) is 43.3 Å². The number of thioether (sulfide) groups is 1. The number of carbonyl (C=O) groups excluding carboxylic acids is 3. The summed E-state index contributed by atoms with van der Waals surface area (Å²) in [5.41, 5.74) is 3.36. The van der Waals surface area contributed by atoms with Crippen molar-refractivity contribution in [2.45, 2.75) is 43.5 Å². The molecule has 2 heterocycles. The SMILES string of the molecule is COC(=O)c1c(NC(=O)C(C)Sc2cccc(NC(C)=O)c2)sc2c1CCN(Cc1ccccc1)C2. The monoisotopic (exact) mass is 523 g/mol. The zero-order valence-corrected chi connectivity index (χ0v) is 22.1. The van der Waals surface area contributed by atoms with Crippen molar-refractivity contribution in [1.29, 1.82) is 0 Å². The Labute approximate surface area is 219 Å². The Kier molecular flexibility index (Phi) is 8.45. The summed E-state index contributed by atoms with van der Waals surface area (Å²) in [5, 5.41) is 5.86. The van der Waals surface area contributed by atoms with Gasteiger partial charge < -0.3 is 15.4 Å². The lowest BCUT2D eigenvalue weighted by Crippen LogP contribution is -2.29. The first kappa shape index (κ1) is 25.9. The van der Waals surface area contributed by atoms with E-state index >= 15 is 0 Å². The van der Waals surface area contributed by atoms with Gasteiger partial charge in [-0.05, 0) is 42.7 Å². The minimum absolute atomic E-state index is 0.151. The van der Waals surface area contributed by atoms with Crippen LogP contribution in [-0.4, -0.2) is 41.6 Å². The smallest absolute Gasteiger partial charge is 0.341 e. The molecule has 0 aliphatic carbocycles. The van der Waals surface area contributed by atoms with Crippen molar-refractivity contribution in [2.24, 2.45) is 0 Å². The highest BCUT2D eigenvalue weighted by molar-refractivity contribution is 8.00. The number of thiophene rings is 1.